The third-order valence-electron chi connectivity index (χ3n) is 2.86. The van der Waals surface area contributed by atoms with Crippen molar-refractivity contribution in [2.45, 2.75) is 18.1 Å². The fourth-order valence-corrected chi connectivity index (χ4v) is 1.95. The van der Waals surface area contributed by atoms with Crippen molar-refractivity contribution in [1.82, 2.24) is 5.32 Å². The lowest BCUT2D eigenvalue weighted by Crippen LogP contribution is -2.34. The standard InChI is InChI=1S/C13H21N3OS/c1-10(18-2)8-15-9-12(13(14)16-17)11-6-4-3-5-7-11/h3-7,10,12,15,17H,8-9H2,1-2H3,(H2,14,16). The quantitative estimate of drug-likeness (QED) is 0.305. The fraction of sp³-hybridized carbons (Fsp3) is 0.462. The number of hydrogen-bond acceptors (Lipinski definition) is 4. The Kier molecular flexibility index (Phi) is 6.60. The lowest BCUT2D eigenvalue weighted by atomic mass is 9.98. The summed E-state index contributed by atoms with van der Waals surface area (Å²) < 4.78 is 0. The highest BCUT2D eigenvalue weighted by Crippen LogP contribution is 2.15. The second kappa shape index (κ2) is 8.00. The van der Waals surface area contributed by atoms with Gasteiger partial charge in [0.15, 0.2) is 0 Å². The van der Waals surface area contributed by atoms with E-state index >= 15 is 0 Å². The number of amidine groups is 1. The summed E-state index contributed by atoms with van der Waals surface area (Å²) in [5, 5.41) is 15.9. The molecule has 0 saturated heterocycles. The Hall–Kier alpha value is -1.20. The van der Waals surface area contributed by atoms with Crippen LogP contribution in [-0.2, 0) is 0 Å². The average Bonchev–Trinajstić information content (AvgIpc) is 2.43. The number of nitrogens with one attached hydrogen (secondary N) is 1. The van der Waals surface area contributed by atoms with E-state index in [0.29, 0.717) is 11.8 Å². The summed E-state index contributed by atoms with van der Waals surface area (Å²) in [5.41, 5.74) is 6.81. The van der Waals surface area contributed by atoms with Crippen LogP contribution in [0.1, 0.15) is 18.4 Å². The Labute approximate surface area is 113 Å². The van der Waals surface area contributed by atoms with Crippen molar-refractivity contribution in [2.75, 3.05) is 19.3 Å². The molecule has 0 amide bonds. The lowest BCUT2D eigenvalue weighted by Gasteiger charge is -2.18. The summed E-state index contributed by atoms with van der Waals surface area (Å²) in [6, 6.07) is 9.84. The minimum absolute atomic E-state index is 0.0924. The molecule has 4 nitrogen and oxygen atoms in total. The zero-order chi connectivity index (χ0) is 13.4. The van der Waals surface area contributed by atoms with Gasteiger partial charge in [-0.25, -0.2) is 0 Å². The molecule has 0 saturated carbocycles. The van der Waals surface area contributed by atoms with Crippen LogP contribution in [0, 0.1) is 0 Å². The second-order valence-corrected chi connectivity index (χ2v) is 5.47. The fourth-order valence-electron chi connectivity index (χ4n) is 1.66. The largest absolute Gasteiger partial charge is 0.409 e. The number of benzene rings is 1. The summed E-state index contributed by atoms with van der Waals surface area (Å²) in [7, 11) is 0. The molecule has 0 spiro atoms. The van der Waals surface area contributed by atoms with Gasteiger partial charge in [0.05, 0.1) is 5.92 Å². The van der Waals surface area contributed by atoms with Gasteiger partial charge >= 0.3 is 0 Å². The zero-order valence-corrected chi connectivity index (χ0v) is 11.7. The van der Waals surface area contributed by atoms with E-state index in [1.165, 1.54) is 0 Å². The first-order valence-electron chi connectivity index (χ1n) is 5.95. The van der Waals surface area contributed by atoms with Crippen LogP contribution in [-0.4, -0.2) is 35.6 Å². The molecule has 18 heavy (non-hydrogen) atoms. The third kappa shape index (κ3) is 4.58. The Bertz CT molecular complexity index is 370. The molecule has 0 aliphatic rings. The number of hydrogen-bond donors (Lipinski definition) is 3. The van der Waals surface area contributed by atoms with Gasteiger partial charge in [-0.3, -0.25) is 0 Å². The molecule has 2 unspecified atom stereocenters. The molecule has 0 heterocycles. The minimum atomic E-state index is -0.0924. The van der Waals surface area contributed by atoms with Crippen LogP contribution >= 0.6 is 11.8 Å². The normalized spacial score (nSPS) is 15.3. The van der Waals surface area contributed by atoms with E-state index in [9.17, 15) is 0 Å². The molecule has 1 aromatic carbocycles. The molecule has 4 N–H and O–H groups in total. The van der Waals surface area contributed by atoms with Crippen molar-refractivity contribution in [1.29, 1.82) is 0 Å². The maximum atomic E-state index is 8.85. The molecular formula is C13H21N3OS. The van der Waals surface area contributed by atoms with Crippen molar-refractivity contribution in [3.63, 3.8) is 0 Å². The molecule has 0 aliphatic carbocycles. The smallest absolute Gasteiger partial charge is 0.147 e. The van der Waals surface area contributed by atoms with E-state index < -0.39 is 0 Å². The van der Waals surface area contributed by atoms with Gasteiger partial charge in [0.25, 0.3) is 0 Å². The van der Waals surface area contributed by atoms with Crippen molar-refractivity contribution in [3.05, 3.63) is 35.9 Å². The molecule has 0 aromatic heterocycles. The van der Waals surface area contributed by atoms with Crippen LogP contribution < -0.4 is 11.1 Å². The second-order valence-electron chi connectivity index (χ2n) is 4.19. The Morgan fingerprint density at radius 3 is 2.61 bits per heavy atom. The Balaban J connectivity index is 2.63. The number of nitrogens with zero attached hydrogens (tertiary/aromatic N) is 1. The van der Waals surface area contributed by atoms with Crippen LogP contribution in [0.5, 0.6) is 0 Å². The highest BCUT2D eigenvalue weighted by atomic mass is 32.2. The molecule has 1 rings (SSSR count). The molecule has 0 fully saturated rings. The Morgan fingerprint density at radius 1 is 1.39 bits per heavy atom. The van der Waals surface area contributed by atoms with Gasteiger partial charge < -0.3 is 16.3 Å². The SMILES string of the molecule is CSC(C)CNCC(/C(N)=N/O)c1ccccc1. The van der Waals surface area contributed by atoms with Crippen LogP contribution in [0.15, 0.2) is 35.5 Å². The van der Waals surface area contributed by atoms with Gasteiger partial charge in [-0.15, -0.1) is 0 Å². The summed E-state index contributed by atoms with van der Waals surface area (Å²) in [5.74, 6) is 0.149. The van der Waals surface area contributed by atoms with Gasteiger partial charge in [-0.2, -0.15) is 11.8 Å². The predicted octanol–water partition coefficient (Wildman–Crippen LogP) is 1.86. The summed E-state index contributed by atoms with van der Waals surface area (Å²) in [6.45, 7) is 3.74. The maximum Gasteiger partial charge on any atom is 0.147 e. The monoisotopic (exact) mass is 267 g/mol. The Morgan fingerprint density at radius 2 is 2.06 bits per heavy atom. The highest BCUT2D eigenvalue weighted by molar-refractivity contribution is 7.99. The number of thioether (sulfide) groups is 1. The van der Waals surface area contributed by atoms with Crippen LogP contribution in [0.3, 0.4) is 0 Å². The molecule has 100 valence electrons. The van der Waals surface area contributed by atoms with Crippen molar-refractivity contribution in [3.8, 4) is 0 Å². The molecular weight excluding hydrogens is 246 g/mol. The van der Waals surface area contributed by atoms with Crippen LogP contribution in [0.2, 0.25) is 0 Å². The molecule has 0 radical (unpaired) electrons. The van der Waals surface area contributed by atoms with Crippen LogP contribution in [0.25, 0.3) is 0 Å². The lowest BCUT2D eigenvalue weighted by molar-refractivity contribution is 0.315. The first-order valence-corrected chi connectivity index (χ1v) is 7.23. The van der Waals surface area contributed by atoms with Crippen LogP contribution in [0.4, 0.5) is 0 Å². The summed E-state index contributed by atoms with van der Waals surface area (Å²) in [6.07, 6.45) is 2.09. The van der Waals surface area contributed by atoms with Crippen molar-refractivity contribution < 1.29 is 5.21 Å². The van der Waals surface area contributed by atoms with Gasteiger partial charge in [-0.05, 0) is 11.8 Å². The molecule has 0 aliphatic heterocycles. The molecule has 1 aromatic rings. The predicted molar refractivity (Wildman–Crippen MR) is 78.4 cm³/mol. The van der Waals surface area contributed by atoms with E-state index in [2.05, 4.69) is 23.7 Å². The molecule has 5 heteroatoms. The van der Waals surface area contributed by atoms with E-state index in [-0.39, 0.29) is 11.8 Å². The third-order valence-corrected chi connectivity index (χ3v) is 3.83. The van der Waals surface area contributed by atoms with Gasteiger partial charge in [0, 0.05) is 18.3 Å². The van der Waals surface area contributed by atoms with Gasteiger partial charge in [0.2, 0.25) is 0 Å². The average molecular weight is 267 g/mol. The van der Waals surface area contributed by atoms with Gasteiger partial charge in [0.1, 0.15) is 5.84 Å². The van der Waals surface area contributed by atoms with Crippen molar-refractivity contribution in [2.24, 2.45) is 10.9 Å². The first-order chi connectivity index (χ1) is 8.69. The van der Waals surface area contributed by atoms with E-state index in [4.69, 9.17) is 10.9 Å². The van der Waals surface area contributed by atoms with E-state index in [1.54, 1.807) is 0 Å². The van der Waals surface area contributed by atoms with E-state index in [0.717, 1.165) is 12.1 Å². The zero-order valence-electron chi connectivity index (χ0n) is 10.8. The summed E-state index contributed by atoms with van der Waals surface area (Å²) >= 11 is 1.81. The first kappa shape index (κ1) is 14.9. The van der Waals surface area contributed by atoms with Crippen molar-refractivity contribution >= 4 is 17.6 Å². The number of oxime groups is 1. The van der Waals surface area contributed by atoms with Gasteiger partial charge in [-0.1, -0.05) is 42.4 Å². The molecule has 2 atom stereocenters. The minimum Gasteiger partial charge on any atom is -0.409 e. The van der Waals surface area contributed by atoms with E-state index in [1.807, 2.05) is 42.1 Å². The highest BCUT2D eigenvalue weighted by Gasteiger charge is 2.16. The maximum absolute atomic E-state index is 8.85. The summed E-state index contributed by atoms with van der Waals surface area (Å²) in [4.78, 5) is 0. The number of rotatable bonds is 7. The topological polar surface area (TPSA) is 70.6 Å². The number of nitrogens with two attached hydrogens (primary N) is 1. The molecule has 0 bridgehead atoms.